The highest BCUT2D eigenvalue weighted by atomic mass is 35.5. The second-order valence-corrected chi connectivity index (χ2v) is 15.6. The van der Waals surface area contributed by atoms with Crippen LogP contribution in [0.15, 0.2) is 59.8 Å². The minimum atomic E-state index is -0.156. The molecule has 2 amide bonds. The van der Waals surface area contributed by atoms with E-state index in [0.717, 1.165) is 72.4 Å². The van der Waals surface area contributed by atoms with Gasteiger partial charge < -0.3 is 14.2 Å². The lowest BCUT2D eigenvalue weighted by atomic mass is 9.85. The Hall–Kier alpha value is -4.21. The predicted octanol–water partition coefficient (Wildman–Crippen LogP) is 7.08. The van der Waals surface area contributed by atoms with Crippen LogP contribution in [-0.4, -0.2) is 59.6 Å². The van der Waals surface area contributed by atoms with Crippen LogP contribution in [0.3, 0.4) is 0 Å². The van der Waals surface area contributed by atoms with Gasteiger partial charge in [0.2, 0.25) is 11.8 Å². The van der Waals surface area contributed by atoms with E-state index >= 15 is 0 Å². The molecule has 9 nitrogen and oxygen atoms in total. The quantitative estimate of drug-likeness (QED) is 0.175. The second-order valence-electron chi connectivity index (χ2n) is 15.2. The van der Waals surface area contributed by atoms with Crippen molar-refractivity contribution in [3.8, 4) is 16.9 Å². The van der Waals surface area contributed by atoms with Gasteiger partial charge in [0, 0.05) is 79.4 Å². The van der Waals surface area contributed by atoms with Gasteiger partial charge in [-0.2, -0.15) is 0 Å². The minimum Gasteiger partial charge on any atom is -0.496 e. The van der Waals surface area contributed by atoms with Crippen LogP contribution in [0.1, 0.15) is 68.1 Å². The minimum absolute atomic E-state index is 0.0745. The van der Waals surface area contributed by atoms with Gasteiger partial charge in [-0.05, 0) is 117 Å². The second kappa shape index (κ2) is 15.8. The van der Waals surface area contributed by atoms with Gasteiger partial charge in [0.1, 0.15) is 5.75 Å². The van der Waals surface area contributed by atoms with Crippen molar-refractivity contribution in [2.24, 2.45) is 24.8 Å². The molecule has 5 heterocycles. The molecule has 4 aromatic rings. The molecule has 2 aromatic carbocycles. The molecule has 0 saturated carbocycles. The number of imide groups is 1. The Balaban J connectivity index is 0.883. The van der Waals surface area contributed by atoms with Crippen molar-refractivity contribution in [1.82, 2.24) is 19.8 Å². The predicted molar refractivity (Wildman–Crippen MR) is 207 cm³/mol. The van der Waals surface area contributed by atoms with Crippen molar-refractivity contribution in [2.75, 3.05) is 38.2 Å². The number of amides is 2. The first-order chi connectivity index (χ1) is 25.2. The summed E-state index contributed by atoms with van der Waals surface area (Å²) < 4.78 is 7.48. The molecule has 7 rings (SSSR count). The number of halogens is 1. The maximum absolute atomic E-state index is 12.7. The normalized spacial score (nSPS) is 19.3. The maximum Gasteiger partial charge on any atom is 0.259 e. The number of benzene rings is 2. The summed E-state index contributed by atoms with van der Waals surface area (Å²) in [5.41, 5.74) is 6.51. The molecule has 3 fully saturated rings. The molecule has 3 saturated heterocycles. The zero-order valence-corrected chi connectivity index (χ0v) is 31.4. The van der Waals surface area contributed by atoms with E-state index in [-0.39, 0.29) is 23.3 Å². The lowest BCUT2D eigenvalue weighted by Gasteiger charge is -2.36. The van der Waals surface area contributed by atoms with Crippen molar-refractivity contribution in [3.63, 3.8) is 0 Å². The summed E-state index contributed by atoms with van der Waals surface area (Å²) >= 11 is 6.97. The number of anilines is 1. The van der Waals surface area contributed by atoms with Crippen molar-refractivity contribution in [1.29, 1.82) is 0 Å². The molecule has 2 aromatic heterocycles. The third-order valence-corrected chi connectivity index (χ3v) is 12.1. The van der Waals surface area contributed by atoms with Crippen LogP contribution in [0.5, 0.6) is 5.75 Å². The highest BCUT2D eigenvalue weighted by molar-refractivity contribution is 6.32. The Morgan fingerprint density at radius 1 is 0.923 bits per heavy atom. The van der Waals surface area contributed by atoms with E-state index in [9.17, 15) is 14.4 Å². The Morgan fingerprint density at radius 2 is 1.65 bits per heavy atom. The summed E-state index contributed by atoms with van der Waals surface area (Å²) in [6, 6.07) is 12.5. The zero-order chi connectivity index (χ0) is 36.4. The molecule has 0 radical (unpaired) electrons. The first-order valence-electron chi connectivity index (χ1n) is 18.9. The number of carbonyl (C=O) groups excluding carboxylic acids is 2. The van der Waals surface area contributed by atoms with Crippen LogP contribution in [-0.2, 0) is 29.6 Å². The van der Waals surface area contributed by atoms with Crippen LogP contribution in [0.2, 0.25) is 5.02 Å². The molecule has 1 atom stereocenters. The summed E-state index contributed by atoms with van der Waals surface area (Å²) in [5, 5.41) is 4.59. The van der Waals surface area contributed by atoms with Gasteiger partial charge in [-0.15, -0.1) is 0 Å². The number of nitrogens with one attached hydrogen (secondary N) is 1. The summed E-state index contributed by atoms with van der Waals surface area (Å²) in [6.07, 6.45) is 14.4. The number of aryl methyl sites for hydroxylation is 2. The first kappa shape index (κ1) is 36.2. The molecule has 3 aliphatic heterocycles. The molecule has 274 valence electrons. The van der Waals surface area contributed by atoms with E-state index in [1.807, 2.05) is 24.4 Å². The largest absolute Gasteiger partial charge is 0.496 e. The number of fused-ring (bicyclic) bond motifs is 1. The molecule has 10 heteroatoms. The number of ether oxygens (including phenoxy) is 1. The lowest BCUT2D eigenvalue weighted by Crippen LogP contribution is -2.41. The van der Waals surface area contributed by atoms with Crippen molar-refractivity contribution in [3.05, 3.63) is 87.1 Å². The van der Waals surface area contributed by atoms with Crippen molar-refractivity contribution in [2.45, 2.75) is 71.3 Å². The molecule has 0 aliphatic carbocycles. The summed E-state index contributed by atoms with van der Waals surface area (Å²) in [7, 11) is 3.46. The number of likely N-dealkylation sites (tertiary alicyclic amines) is 1. The third-order valence-electron chi connectivity index (χ3n) is 11.8. The fourth-order valence-electron chi connectivity index (χ4n) is 8.65. The number of aromatic nitrogens is 2. The molecule has 52 heavy (non-hydrogen) atoms. The molecule has 0 spiro atoms. The van der Waals surface area contributed by atoms with E-state index in [2.05, 4.69) is 45.2 Å². The van der Waals surface area contributed by atoms with Gasteiger partial charge in [-0.25, -0.2) is 0 Å². The van der Waals surface area contributed by atoms with E-state index in [1.165, 1.54) is 55.3 Å². The number of nitrogens with zero attached hydrogens (tertiary/aromatic N) is 4. The Kier molecular flexibility index (Phi) is 11.0. The summed E-state index contributed by atoms with van der Waals surface area (Å²) in [5.74, 6) is 1.91. The Labute approximate surface area is 311 Å². The van der Waals surface area contributed by atoms with Crippen LogP contribution in [0.25, 0.3) is 21.9 Å². The highest BCUT2D eigenvalue weighted by Crippen LogP contribution is 2.38. The fraction of sp³-hybridized carbons (Fsp3) is 0.476. The molecule has 1 unspecified atom stereocenters. The zero-order valence-electron chi connectivity index (χ0n) is 30.6. The van der Waals surface area contributed by atoms with Crippen LogP contribution < -0.4 is 20.5 Å². The monoisotopic (exact) mass is 723 g/mol. The fourth-order valence-corrected chi connectivity index (χ4v) is 8.92. The molecule has 3 aliphatic rings. The number of piperidine rings is 3. The van der Waals surface area contributed by atoms with Crippen molar-refractivity contribution >= 4 is 39.9 Å². The number of hydrogen-bond acceptors (Lipinski definition) is 7. The van der Waals surface area contributed by atoms with Gasteiger partial charge in [0.25, 0.3) is 5.56 Å². The van der Waals surface area contributed by atoms with E-state index in [4.69, 9.17) is 16.3 Å². The van der Waals surface area contributed by atoms with E-state index < -0.39 is 0 Å². The SMILES string of the molecule is COc1cc(-c2cn(C)c(=O)c3cnccc23)cc(Cl)c1CN1CCC(CCC2CCN(c3ccc(CC4CCC(=O)NC4=O)cc3C)CC2)CC1. The maximum atomic E-state index is 12.7. The summed E-state index contributed by atoms with van der Waals surface area (Å²) in [6.45, 7) is 7.23. The molecule has 0 bridgehead atoms. The summed E-state index contributed by atoms with van der Waals surface area (Å²) in [4.78, 5) is 45.7. The average molecular weight is 724 g/mol. The third kappa shape index (κ3) is 7.91. The van der Waals surface area contributed by atoms with Gasteiger partial charge in [0.15, 0.2) is 0 Å². The first-order valence-corrected chi connectivity index (χ1v) is 19.2. The van der Waals surface area contributed by atoms with E-state index in [0.29, 0.717) is 29.7 Å². The topological polar surface area (TPSA) is 96.8 Å². The molecular weight excluding hydrogens is 674 g/mol. The Bertz CT molecular complexity index is 2010. The van der Waals surface area contributed by atoms with Gasteiger partial charge in [-0.1, -0.05) is 36.6 Å². The molecule has 1 N–H and O–H groups in total. The number of rotatable bonds is 10. The lowest BCUT2D eigenvalue weighted by molar-refractivity contribution is -0.136. The number of methoxy groups -OCH3 is 1. The standard InChI is InChI=1S/C42H50ClN5O4/c1-27-20-30(21-31-7-9-40(49)45-41(31)50)6-8-38(27)48-18-13-29(14-19-48)5-4-28-11-16-47(17-12-28)26-36-37(43)22-32(23-39(36)52-3)35-25-46(2)42(51)34-24-44-15-10-33(34)35/h6,8,10,15,20,22-25,28-29,31H,4-5,7,9,11-14,16-19,21,26H2,1-3H3,(H,45,49,50). The van der Waals surface area contributed by atoms with Crippen molar-refractivity contribution < 1.29 is 14.3 Å². The van der Waals surface area contributed by atoms with E-state index in [1.54, 1.807) is 31.1 Å². The van der Waals surface area contributed by atoms with Gasteiger partial charge in [0.05, 0.1) is 12.5 Å². The number of pyridine rings is 2. The van der Waals surface area contributed by atoms with Crippen LogP contribution in [0, 0.1) is 24.7 Å². The van der Waals surface area contributed by atoms with Crippen LogP contribution in [0.4, 0.5) is 5.69 Å². The number of hydrogen-bond donors (Lipinski definition) is 1. The number of carbonyl (C=O) groups is 2. The van der Waals surface area contributed by atoms with Gasteiger partial charge >= 0.3 is 0 Å². The highest BCUT2D eigenvalue weighted by Gasteiger charge is 2.28. The smallest absolute Gasteiger partial charge is 0.259 e. The van der Waals surface area contributed by atoms with Gasteiger partial charge in [-0.3, -0.25) is 29.6 Å². The van der Waals surface area contributed by atoms with Crippen LogP contribution >= 0.6 is 11.6 Å². The molecular formula is C42H50ClN5O4. The average Bonchev–Trinajstić information content (AvgIpc) is 3.15. The Morgan fingerprint density at radius 3 is 2.35 bits per heavy atom.